The summed E-state index contributed by atoms with van der Waals surface area (Å²) in [6, 6.07) is 2.91. The van der Waals surface area contributed by atoms with Crippen molar-refractivity contribution in [3.8, 4) is 5.75 Å². The van der Waals surface area contributed by atoms with Crippen molar-refractivity contribution in [3.63, 3.8) is 0 Å². The number of benzene rings is 1. The van der Waals surface area contributed by atoms with Gasteiger partial charge in [0.2, 0.25) is 12.2 Å². The maximum atomic E-state index is 13.4. The van der Waals surface area contributed by atoms with Gasteiger partial charge in [0.1, 0.15) is 77.7 Å². The third-order valence-electron chi connectivity index (χ3n) is 7.36. The van der Waals surface area contributed by atoms with Crippen molar-refractivity contribution in [3.05, 3.63) is 29.8 Å². The second kappa shape index (κ2) is 17.2. The Bertz CT molecular complexity index is 1210. The Morgan fingerprint density at radius 2 is 1.38 bits per heavy atom. The maximum absolute atomic E-state index is 13.4. The van der Waals surface area contributed by atoms with Gasteiger partial charge in [-0.1, -0.05) is 12.1 Å². The monoisotopic (exact) mass is 708 g/mol. The van der Waals surface area contributed by atoms with Crippen LogP contribution in [-0.4, -0.2) is 161 Å². The van der Waals surface area contributed by atoms with Gasteiger partial charge >= 0.3 is 12.1 Å². The molecule has 1 aromatic carbocycles. The molecular weight excluding hydrogens is 664 g/mol. The summed E-state index contributed by atoms with van der Waals surface area (Å²) in [5.74, 6) is -2.62. The zero-order chi connectivity index (χ0) is 35.9. The van der Waals surface area contributed by atoms with Gasteiger partial charge in [0.25, 0.3) is 0 Å². The van der Waals surface area contributed by atoms with E-state index in [1.54, 1.807) is 20.8 Å². The van der Waals surface area contributed by atoms with Gasteiger partial charge in [-0.25, -0.2) is 9.59 Å². The smallest absolute Gasteiger partial charge is 0.408 e. The van der Waals surface area contributed by atoms with Crippen molar-refractivity contribution in [2.24, 2.45) is 0 Å². The first kappa shape index (κ1) is 39.6. The Balaban J connectivity index is 1.71. The number of hydrogen-bond donors (Lipinski definition) is 11. The molecule has 0 bridgehead atoms. The van der Waals surface area contributed by atoms with Gasteiger partial charge in [0.05, 0.1) is 13.2 Å². The van der Waals surface area contributed by atoms with E-state index in [9.17, 15) is 60.3 Å². The molecule has 2 aliphatic rings. The minimum absolute atomic E-state index is 0.139. The fraction of sp³-hybridized carbons (Fsp3) is 0.690. The van der Waals surface area contributed by atoms with Crippen LogP contribution in [0.4, 0.5) is 4.79 Å². The number of aliphatic hydroxyl groups is 8. The van der Waals surface area contributed by atoms with Gasteiger partial charge in [-0.3, -0.25) is 4.79 Å². The number of amides is 2. The van der Waals surface area contributed by atoms with Crippen LogP contribution in [0, 0.1) is 0 Å². The lowest BCUT2D eigenvalue weighted by Crippen LogP contribution is -2.60. The van der Waals surface area contributed by atoms with E-state index in [2.05, 4.69) is 10.6 Å². The summed E-state index contributed by atoms with van der Waals surface area (Å²) in [5.41, 5.74) is -1.73. The molecule has 0 saturated carbocycles. The number of carbonyl (C=O) groups is 3. The lowest BCUT2D eigenvalue weighted by molar-refractivity contribution is -0.277. The Morgan fingerprint density at radius 3 is 1.92 bits per heavy atom. The molecule has 2 fully saturated rings. The first-order chi connectivity index (χ1) is 22.4. The molecule has 272 valence electrons. The summed E-state index contributed by atoms with van der Waals surface area (Å²) in [6.45, 7) is 3.48. The van der Waals surface area contributed by atoms with Gasteiger partial charge in [0, 0.05) is 12.2 Å². The van der Waals surface area contributed by atoms with Crippen LogP contribution >= 0.6 is 11.8 Å². The van der Waals surface area contributed by atoms with E-state index in [1.165, 1.54) is 24.3 Å². The molecule has 0 radical (unpaired) electrons. The Hall–Kier alpha value is -2.82. The number of nitrogens with one attached hydrogen (secondary N) is 2. The molecule has 0 spiro atoms. The number of aliphatic hydroxyl groups excluding tert-OH is 8. The molecule has 0 unspecified atom stereocenters. The SMILES string of the molecule is CC(C)(C)OC(=O)N[C@@H](Cc1ccc(O[C@@H]2O[C@H](CO)[C@@H](O)[C@H](O)[C@H]2O)cc1)C(=O)N[C@@H](CS[C@@H]1O[C@H](CO)[C@@H](O)[C@H](O)[C@H]1O)C(=O)O. The molecule has 2 amide bonds. The predicted octanol–water partition coefficient (Wildman–Crippen LogP) is -3.60. The van der Waals surface area contributed by atoms with Crippen LogP contribution in [0.1, 0.15) is 26.3 Å². The molecule has 2 saturated heterocycles. The van der Waals surface area contributed by atoms with E-state index >= 15 is 0 Å². The highest BCUT2D eigenvalue weighted by Crippen LogP contribution is 2.29. The van der Waals surface area contributed by atoms with Crippen molar-refractivity contribution < 1.29 is 79.3 Å². The predicted molar refractivity (Wildman–Crippen MR) is 163 cm³/mol. The van der Waals surface area contributed by atoms with E-state index in [0.29, 0.717) is 17.3 Å². The number of carboxylic acid groups (broad SMARTS) is 1. The number of alkyl carbamates (subject to hydrolysis) is 1. The molecule has 19 heteroatoms. The molecule has 0 aromatic heterocycles. The average molecular weight is 709 g/mol. The van der Waals surface area contributed by atoms with Crippen molar-refractivity contribution in [2.75, 3.05) is 19.0 Å². The second-order valence-electron chi connectivity index (χ2n) is 12.3. The minimum Gasteiger partial charge on any atom is -0.480 e. The van der Waals surface area contributed by atoms with E-state index in [4.69, 9.17) is 18.9 Å². The Kier molecular flexibility index (Phi) is 14.2. The number of ether oxygens (including phenoxy) is 4. The summed E-state index contributed by atoms with van der Waals surface area (Å²) in [7, 11) is 0. The normalized spacial score (nSPS) is 32.1. The average Bonchev–Trinajstić information content (AvgIpc) is 3.02. The quantitative estimate of drug-likeness (QED) is 0.0944. The topological polar surface area (TPSA) is 294 Å². The molecule has 18 nitrogen and oxygen atoms in total. The van der Waals surface area contributed by atoms with Gasteiger partial charge in [-0.05, 0) is 38.5 Å². The highest BCUT2D eigenvalue weighted by molar-refractivity contribution is 7.99. The van der Waals surface area contributed by atoms with E-state index in [1.807, 2.05) is 0 Å². The summed E-state index contributed by atoms with van der Waals surface area (Å²) >= 11 is 0.716. The van der Waals surface area contributed by atoms with Crippen molar-refractivity contribution in [1.29, 1.82) is 0 Å². The van der Waals surface area contributed by atoms with Crippen molar-refractivity contribution >= 4 is 29.7 Å². The van der Waals surface area contributed by atoms with Crippen LogP contribution in [0.3, 0.4) is 0 Å². The van der Waals surface area contributed by atoms with Crippen LogP contribution < -0.4 is 15.4 Å². The summed E-state index contributed by atoms with van der Waals surface area (Å²) in [5, 5.41) is 93.8. The first-order valence-corrected chi connectivity index (χ1v) is 16.0. The molecule has 12 atom stereocenters. The fourth-order valence-electron chi connectivity index (χ4n) is 4.74. The van der Waals surface area contributed by atoms with Crippen LogP contribution in [0.25, 0.3) is 0 Å². The maximum Gasteiger partial charge on any atom is 0.408 e. The third-order valence-corrected chi connectivity index (χ3v) is 8.61. The van der Waals surface area contributed by atoms with Crippen molar-refractivity contribution in [1.82, 2.24) is 10.6 Å². The minimum atomic E-state index is -1.68. The molecule has 1 aromatic rings. The number of thioether (sulfide) groups is 1. The zero-order valence-corrected chi connectivity index (χ0v) is 27.2. The molecule has 2 aliphatic heterocycles. The van der Waals surface area contributed by atoms with E-state index in [-0.39, 0.29) is 17.9 Å². The highest BCUT2D eigenvalue weighted by Gasteiger charge is 2.45. The number of carbonyl (C=O) groups excluding carboxylic acids is 2. The van der Waals surface area contributed by atoms with E-state index < -0.39 is 109 Å². The van der Waals surface area contributed by atoms with Gasteiger partial charge in [-0.15, -0.1) is 11.8 Å². The van der Waals surface area contributed by atoms with Gasteiger partial charge in [-0.2, -0.15) is 0 Å². The van der Waals surface area contributed by atoms with E-state index in [0.717, 1.165) is 0 Å². The van der Waals surface area contributed by atoms with Gasteiger partial charge < -0.3 is 75.5 Å². The lowest BCUT2D eigenvalue weighted by Gasteiger charge is -2.39. The van der Waals surface area contributed by atoms with Crippen LogP contribution in [0.5, 0.6) is 5.75 Å². The Labute approximate surface area is 279 Å². The summed E-state index contributed by atoms with van der Waals surface area (Å²) in [4.78, 5) is 38.1. The van der Waals surface area contributed by atoms with Crippen LogP contribution in [-0.2, 0) is 30.2 Å². The second-order valence-corrected chi connectivity index (χ2v) is 13.4. The first-order valence-electron chi connectivity index (χ1n) is 15.0. The Morgan fingerprint density at radius 1 is 0.812 bits per heavy atom. The molecule has 48 heavy (non-hydrogen) atoms. The summed E-state index contributed by atoms with van der Waals surface area (Å²) in [6.07, 6.45) is -14.7. The molecule has 3 rings (SSSR count). The lowest BCUT2D eigenvalue weighted by atomic mass is 9.99. The van der Waals surface area contributed by atoms with Crippen molar-refractivity contribution in [2.45, 2.75) is 105 Å². The highest BCUT2D eigenvalue weighted by atomic mass is 32.2. The molecule has 0 aliphatic carbocycles. The molecule has 11 N–H and O–H groups in total. The molecule has 2 heterocycles. The third kappa shape index (κ3) is 10.6. The molecular formula is C29H44N2O16S. The van der Waals surface area contributed by atoms with Gasteiger partial charge in [0.15, 0.2) is 0 Å². The number of rotatable bonds is 13. The number of hydrogen-bond acceptors (Lipinski definition) is 16. The number of carboxylic acids is 1. The summed E-state index contributed by atoms with van der Waals surface area (Å²) < 4.78 is 21.5. The van der Waals surface area contributed by atoms with Crippen LogP contribution in [0.15, 0.2) is 24.3 Å². The largest absolute Gasteiger partial charge is 0.480 e. The zero-order valence-electron chi connectivity index (χ0n) is 26.4. The fourth-order valence-corrected chi connectivity index (χ4v) is 5.93. The number of aliphatic carboxylic acids is 1. The standard InChI is InChI=1S/C29H44N2O16S/c1-29(2,3)47-28(43)31-14(8-12-4-6-13(7-5-12)44-26-22(38)20(36)18(34)16(9-32)45-26)24(40)30-15(25(41)42)11-48-27-23(39)21(37)19(35)17(10-33)46-27/h4-7,14-23,26-27,32-39H,8-11H2,1-3H3,(H,30,40)(H,31,43)(H,41,42)/t14-,15-,16+,17+,18+,19+,20-,21-,22+,23+,26+,27-/m0/s1. The van der Waals surface area contributed by atoms with Crippen LogP contribution in [0.2, 0.25) is 0 Å².